The van der Waals surface area contributed by atoms with Crippen LogP contribution >= 0.6 is 0 Å². The highest BCUT2D eigenvalue weighted by atomic mass is 15.2. The lowest BCUT2D eigenvalue weighted by Gasteiger charge is -2.20. The molecule has 0 aliphatic carbocycles. The summed E-state index contributed by atoms with van der Waals surface area (Å²) in [6.45, 7) is 2.89. The highest BCUT2D eigenvalue weighted by molar-refractivity contribution is 5.62. The van der Waals surface area contributed by atoms with Gasteiger partial charge in [0.2, 0.25) is 0 Å². The smallest absolute Gasteiger partial charge is 0.151 e. The maximum absolute atomic E-state index is 5.96. The van der Waals surface area contributed by atoms with E-state index in [0.29, 0.717) is 0 Å². The highest BCUT2D eigenvalue weighted by Gasteiger charge is 2.07. The Balaban J connectivity index is 2.03. The lowest BCUT2D eigenvalue weighted by atomic mass is 10.1. The lowest BCUT2D eigenvalue weighted by Crippen LogP contribution is -2.22. The van der Waals surface area contributed by atoms with E-state index in [-0.39, 0.29) is 0 Å². The van der Waals surface area contributed by atoms with Crippen molar-refractivity contribution >= 4 is 11.5 Å². The van der Waals surface area contributed by atoms with E-state index >= 15 is 0 Å². The maximum atomic E-state index is 5.96. The third-order valence-electron chi connectivity index (χ3n) is 2.98. The van der Waals surface area contributed by atoms with Gasteiger partial charge in [0.05, 0.1) is 5.69 Å². The Morgan fingerprint density at radius 3 is 2.56 bits per heavy atom. The van der Waals surface area contributed by atoms with Gasteiger partial charge >= 0.3 is 0 Å². The second-order valence-electron chi connectivity index (χ2n) is 4.52. The molecule has 18 heavy (non-hydrogen) atoms. The summed E-state index contributed by atoms with van der Waals surface area (Å²) in [5.74, 6) is 0.867. The minimum Gasteiger partial charge on any atom is -0.396 e. The fraction of sp³-hybridized carbons (Fsp3) is 0.267. The fourth-order valence-electron chi connectivity index (χ4n) is 1.91. The van der Waals surface area contributed by atoms with Crippen molar-refractivity contribution in [1.29, 1.82) is 0 Å². The molecular weight excluding hydrogens is 222 g/mol. The van der Waals surface area contributed by atoms with Crippen LogP contribution in [0, 0.1) is 6.92 Å². The van der Waals surface area contributed by atoms with Gasteiger partial charge in [-0.15, -0.1) is 0 Å². The van der Waals surface area contributed by atoms with Crippen LogP contribution in [-0.4, -0.2) is 18.6 Å². The normalized spacial score (nSPS) is 10.3. The summed E-state index contributed by atoms with van der Waals surface area (Å²) in [4.78, 5) is 6.59. The van der Waals surface area contributed by atoms with E-state index in [2.05, 4.69) is 34.1 Å². The molecule has 0 bridgehead atoms. The Morgan fingerprint density at radius 1 is 1.11 bits per heavy atom. The zero-order valence-corrected chi connectivity index (χ0v) is 10.9. The van der Waals surface area contributed by atoms with E-state index in [1.165, 1.54) is 5.56 Å². The van der Waals surface area contributed by atoms with Crippen LogP contribution in [0.1, 0.15) is 11.3 Å². The summed E-state index contributed by atoms with van der Waals surface area (Å²) in [6.07, 6.45) is 0.992. The molecular formula is C15H19N3. The molecule has 3 nitrogen and oxygen atoms in total. The number of aryl methyl sites for hydroxylation is 1. The lowest BCUT2D eigenvalue weighted by molar-refractivity contribution is 0.858. The zero-order valence-electron chi connectivity index (χ0n) is 10.9. The minimum atomic E-state index is 0.733. The van der Waals surface area contributed by atoms with Crippen molar-refractivity contribution in [1.82, 2.24) is 4.98 Å². The molecule has 0 atom stereocenters. The second-order valence-corrected chi connectivity index (χ2v) is 4.52. The molecule has 2 N–H and O–H groups in total. The summed E-state index contributed by atoms with van der Waals surface area (Å²) in [5, 5.41) is 0. The van der Waals surface area contributed by atoms with Gasteiger partial charge in [0.15, 0.2) is 5.82 Å². The molecule has 0 radical (unpaired) electrons. The van der Waals surface area contributed by atoms with E-state index < -0.39 is 0 Å². The Bertz CT molecular complexity index is 508. The van der Waals surface area contributed by atoms with Crippen LogP contribution in [0.2, 0.25) is 0 Å². The number of anilines is 2. The number of rotatable bonds is 4. The summed E-state index contributed by atoms with van der Waals surface area (Å²) in [6, 6.07) is 14.3. The van der Waals surface area contributed by atoms with Crippen LogP contribution in [0.5, 0.6) is 0 Å². The third-order valence-corrected chi connectivity index (χ3v) is 2.98. The van der Waals surface area contributed by atoms with E-state index in [9.17, 15) is 0 Å². The average Bonchev–Trinajstić information content (AvgIpc) is 2.40. The first-order valence-corrected chi connectivity index (χ1v) is 6.15. The third kappa shape index (κ3) is 3.00. The standard InChI is InChI=1S/C15H19N3/c1-12-8-9-14(16)15(17-12)18(2)11-10-13-6-4-3-5-7-13/h3-9H,10-11,16H2,1-2H3. The minimum absolute atomic E-state index is 0.733. The van der Waals surface area contributed by atoms with E-state index in [1.54, 1.807) is 0 Å². The zero-order chi connectivity index (χ0) is 13.0. The Labute approximate surface area is 108 Å². The maximum Gasteiger partial charge on any atom is 0.151 e. The van der Waals surface area contributed by atoms with Crippen molar-refractivity contribution in [2.45, 2.75) is 13.3 Å². The van der Waals surface area contributed by atoms with Crippen LogP contribution in [0.3, 0.4) is 0 Å². The second kappa shape index (κ2) is 5.54. The largest absolute Gasteiger partial charge is 0.396 e. The molecule has 0 unspecified atom stereocenters. The molecule has 94 valence electrons. The molecule has 0 aliphatic heterocycles. The molecule has 2 rings (SSSR count). The highest BCUT2D eigenvalue weighted by Crippen LogP contribution is 2.19. The molecule has 0 aliphatic rings. The molecule has 0 amide bonds. The molecule has 3 heteroatoms. The van der Waals surface area contributed by atoms with Gasteiger partial charge in [-0.2, -0.15) is 0 Å². The number of nitrogen functional groups attached to an aromatic ring is 1. The SMILES string of the molecule is Cc1ccc(N)c(N(C)CCc2ccccc2)n1. The topological polar surface area (TPSA) is 42.1 Å². The van der Waals surface area contributed by atoms with E-state index in [0.717, 1.165) is 30.2 Å². The first kappa shape index (κ1) is 12.4. The number of hydrogen-bond acceptors (Lipinski definition) is 3. The summed E-state index contributed by atoms with van der Waals surface area (Å²) >= 11 is 0. The van der Waals surface area contributed by atoms with Crippen LogP contribution in [0.15, 0.2) is 42.5 Å². The summed E-state index contributed by atoms with van der Waals surface area (Å²) < 4.78 is 0. The predicted molar refractivity (Wildman–Crippen MR) is 76.8 cm³/mol. The van der Waals surface area contributed by atoms with Crippen LogP contribution in [0.25, 0.3) is 0 Å². The summed E-state index contributed by atoms with van der Waals surface area (Å²) in [7, 11) is 2.03. The number of nitrogens with zero attached hydrogens (tertiary/aromatic N) is 2. The van der Waals surface area contributed by atoms with Crippen molar-refractivity contribution in [2.24, 2.45) is 0 Å². The van der Waals surface area contributed by atoms with Gasteiger partial charge < -0.3 is 10.6 Å². The van der Waals surface area contributed by atoms with Gasteiger partial charge in [0.25, 0.3) is 0 Å². The predicted octanol–water partition coefficient (Wildman–Crippen LogP) is 2.65. The monoisotopic (exact) mass is 241 g/mol. The molecule has 0 saturated heterocycles. The Kier molecular flexibility index (Phi) is 3.82. The van der Waals surface area contributed by atoms with Crippen molar-refractivity contribution < 1.29 is 0 Å². The Morgan fingerprint density at radius 2 is 1.83 bits per heavy atom. The fourth-order valence-corrected chi connectivity index (χ4v) is 1.91. The van der Waals surface area contributed by atoms with Crippen LogP contribution in [0.4, 0.5) is 11.5 Å². The molecule has 0 spiro atoms. The van der Waals surface area contributed by atoms with Crippen LogP contribution in [-0.2, 0) is 6.42 Å². The van der Waals surface area contributed by atoms with E-state index in [1.807, 2.05) is 32.2 Å². The molecule has 1 heterocycles. The number of benzene rings is 1. The number of hydrogen-bond donors (Lipinski definition) is 1. The quantitative estimate of drug-likeness (QED) is 0.894. The van der Waals surface area contributed by atoms with Crippen molar-refractivity contribution in [2.75, 3.05) is 24.2 Å². The van der Waals surface area contributed by atoms with Gasteiger partial charge in [-0.1, -0.05) is 30.3 Å². The average molecular weight is 241 g/mol. The van der Waals surface area contributed by atoms with Gasteiger partial charge in [0, 0.05) is 19.3 Å². The molecule has 0 saturated carbocycles. The number of aromatic nitrogens is 1. The number of pyridine rings is 1. The molecule has 1 aromatic heterocycles. The van der Waals surface area contributed by atoms with Gasteiger partial charge in [-0.05, 0) is 31.0 Å². The van der Waals surface area contributed by atoms with Gasteiger partial charge in [-0.3, -0.25) is 0 Å². The Hall–Kier alpha value is -2.03. The first-order valence-electron chi connectivity index (χ1n) is 6.15. The van der Waals surface area contributed by atoms with E-state index in [4.69, 9.17) is 5.73 Å². The summed E-state index contributed by atoms with van der Waals surface area (Å²) in [5.41, 5.74) is 9.01. The van der Waals surface area contributed by atoms with Crippen molar-refractivity contribution in [3.8, 4) is 0 Å². The molecule has 1 aromatic carbocycles. The number of nitrogens with two attached hydrogens (primary N) is 1. The van der Waals surface area contributed by atoms with Gasteiger partial charge in [0.1, 0.15) is 0 Å². The van der Waals surface area contributed by atoms with Crippen molar-refractivity contribution in [3.05, 3.63) is 53.7 Å². The first-order chi connectivity index (χ1) is 8.66. The van der Waals surface area contributed by atoms with Crippen molar-refractivity contribution in [3.63, 3.8) is 0 Å². The van der Waals surface area contributed by atoms with Crippen LogP contribution < -0.4 is 10.6 Å². The molecule has 2 aromatic rings. The van der Waals surface area contributed by atoms with Gasteiger partial charge in [-0.25, -0.2) is 4.98 Å². The molecule has 0 fully saturated rings. The number of likely N-dealkylation sites (N-methyl/N-ethyl adjacent to an activating group) is 1.